The van der Waals surface area contributed by atoms with Gasteiger partial charge in [-0.05, 0) is 43.1 Å². The normalized spacial score (nSPS) is 11.4. The lowest BCUT2D eigenvalue weighted by Crippen LogP contribution is -2.37. The maximum Gasteiger partial charge on any atom is 0.252 e. The number of rotatable bonds is 8. The van der Waals surface area contributed by atoms with Crippen LogP contribution in [0.4, 0.5) is 0 Å². The lowest BCUT2D eigenvalue weighted by atomic mass is 9.79. The number of amides is 1. The van der Waals surface area contributed by atoms with E-state index in [-0.39, 0.29) is 17.9 Å². The predicted octanol–water partition coefficient (Wildman–Crippen LogP) is 2.72. The van der Waals surface area contributed by atoms with Crippen molar-refractivity contribution in [2.45, 2.75) is 38.1 Å². The molecule has 0 atom stereocenters. The molecule has 4 nitrogen and oxygen atoms in total. The number of carbonyl (C=O) groups excluding carboxylic acids is 1. The summed E-state index contributed by atoms with van der Waals surface area (Å²) in [5, 5.41) is 13.0. The molecule has 0 aliphatic carbocycles. The summed E-state index contributed by atoms with van der Waals surface area (Å²) in [7, 11) is 0. The molecular weight excluding hydrogens is 272 g/mol. The van der Waals surface area contributed by atoms with Gasteiger partial charge in [0.15, 0.2) is 0 Å². The van der Waals surface area contributed by atoms with Gasteiger partial charge in [-0.3, -0.25) is 4.79 Å². The van der Waals surface area contributed by atoms with Gasteiger partial charge in [0, 0.05) is 19.3 Å². The predicted molar refractivity (Wildman–Crippen MR) is 83.1 cm³/mol. The fourth-order valence-electron chi connectivity index (χ4n) is 2.18. The summed E-state index contributed by atoms with van der Waals surface area (Å²) in [5.41, 5.74) is 0.560. The summed E-state index contributed by atoms with van der Waals surface area (Å²) in [6.45, 7) is 4.94. The summed E-state index contributed by atoms with van der Waals surface area (Å²) in [4.78, 5) is 16.3. The molecule has 5 heteroatoms. The van der Waals surface area contributed by atoms with Crippen LogP contribution in [0.15, 0.2) is 23.4 Å². The van der Waals surface area contributed by atoms with Crippen LogP contribution in [0.3, 0.4) is 0 Å². The van der Waals surface area contributed by atoms with Gasteiger partial charge < -0.3 is 10.4 Å². The van der Waals surface area contributed by atoms with Gasteiger partial charge in [-0.1, -0.05) is 13.8 Å². The van der Waals surface area contributed by atoms with Crippen LogP contribution < -0.4 is 5.32 Å². The molecule has 112 valence electrons. The first-order chi connectivity index (χ1) is 9.60. The van der Waals surface area contributed by atoms with Gasteiger partial charge in [-0.15, -0.1) is 11.8 Å². The van der Waals surface area contributed by atoms with Gasteiger partial charge >= 0.3 is 0 Å². The Hall–Kier alpha value is -1.07. The molecule has 1 rings (SSSR count). The molecule has 2 N–H and O–H groups in total. The summed E-state index contributed by atoms with van der Waals surface area (Å²) in [5.74, 6) is -0.102. The highest BCUT2D eigenvalue weighted by Crippen LogP contribution is 2.29. The van der Waals surface area contributed by atoms with Crippen LogP contribution in [0.2, 0.25) is 0 Å². The van der Waals surface area contributed by atoms with Gasteiger partial charge in [0.05, 0.1) is 10.6 Å². The highest BCUT2D eigenvalue weighted by atomic mass is 32.2. The summed E-state index contributed by atoms with van der Waals surface area (Å²) < 4.78 is 0. The van der Waals surface area contributed by atoms with E-state index in [9.17, 15) is 9.90 Å². The van der Waals surface area contributed by atoms with Crippen LogP contribution in [0.5, 0.6) is 0 Å². The molecule has 0 bridgehead atoms. The third kappa shape index (κ3) is 4.49. The molecule has 0 saturated heterocycles. The highest BCUT2D eigenvalue weighted by molar-refractivity contribution is 7.98. The second-order valence-corrected chi connectivity index (χ2v) is 5.78. The van der Waals surface area contributed by atoms with E-state index < -0.39 is 0 Å². The fourth-order valence-corrected chi connectivity index (χ4v) is 2.55. The van der Waals surface area contributed by atoms with E-state index in [0.29, 0.717) is 18.5 Å². The number of aliphatic hydroxyl groups is 1. The van der Waals surface area contributed by atoms with E-state index in [0.717, 1.165) is 17.9 Å². The summed E-state index contributed by atoms with van der Waals surface area (Å²) in [6.07, 6.45) is 6.15. The molecular formula is C15H24N2O2S. The monoisotopic (exact) mass is 296 g/mol. The SMILES string of the molecule is CCC(CC)(CCO)CNC(=O)c1ccc(SC)nc1. The second kappa shape index (κ2) is 8.27. The molecule has 0 aliphatic heterocycles. The Bertz CT molecular complexity index is 416. The quantitative estimate of drug-likeness (QED) is 0.724. The van der Waals surface area contributed by atoms with Crippen molar-refractivity contribution in [3.05, 3.63) is 23.9 Å². The Morgan fingerprint density at radius 2 is 2.10 bits per heavy atom. The molecule has 1 aromatic rings. The maximum absolute atomic E-state index is 12.1. The zero-order valence-electron chi connectivity index (χ0n) is 12.5. The average molecular weight is 296 g/mol. The molecule has 0 unspecified atom stereocenters. The zero-order chi connectivity index (χ0) is 15.0. The van der Waals surface area contributed by atoms with E-state index in [1.165, 1.54) is 0 Å². The minimum absolute atomic E-state index is 0.0168. The van der Waals surface area contributed by atoms with Crippen molar-refractivity contribution in [2.24, 2.45) is 5.41 Å². The van der Waals surface area contributed by atoms with Crippen molar-refractivity contribution >= 4 is 17.7 Å². The Morgan fingerprint density at radius 3 is 2.55 bits per heavy atom. The lowest BCUT2D eigenvalue weighted by Gasteiger charge is -2.31. The number of hydrogen-bond acceptors (Lipinski definition) is 4. The number of nitrogens with zero attached hydrogens (tertiary/aromatic N) is 1. The van der Waals surface area contributed by atoms with Crippen LogP contribution in [-0.4, -0.2) is 35.4 Å². The van der Waals surface area contributed by atoms with E-state index in [2.05, 4.69) is 24.1 Å². The number of hydrogen-bond donors (Lipinski definition) is 2. The van der Waals surface area contributed by atoms with E-state index in [4.69, 9.17) is 0 Å². The lowest BCUT2D eigenvalue weighted by molar-refractivity contribution is 0.0907. The average Bonchev–Trinajstić information content (AvgIpc) is 2.51. The van der Waals surface area contributed by atoms with E-state index >= 15 is 0 Å². The van der Waals surface area contributed by atoms with Crippen molar-refractivity contribution in [1.82, 2.24) is 10.3 Å². The first kappa shape index (κ1) is 17.0. The Kier molecular flexibility index (Phi) is 7.02. The molecule has 0 saturated carbocycles. The molecule has 20 heavy (non-hydrogen) atoms. The molecule has 0 fully saturated rings. The Labute approximate surface area is 125 Å². The Morgan fingerprint density at radius 1 is 1.40 bits per heavy atom. The first-order valence-corrected chi connectivity index (χ1v) is 8.22. The van der Waals surface area contributed by atoms with Crippen LogP contribution in [0.25, 0.3) is 0 Å². The maximum atomic E-state index is 12.1. The zero-order valence-corrected chi connectivity index (χ0v) is 13.3. The van der Waals surface area contributed by atoms with Crippen LogP contribution in [0.1, 0.15) is 43.5 Å². The Balaban J connectivity index is 2.64. The van der Waals surface area contributed by atoms with E-state index in [1.807, 2.05) is 12.3 Å². The van der Waals surface area contributed by atoms with Crippen molar-refractivity contribution in [2.75, 3.05) is 19.4 Å². The number of aliphatic hydroxyl groups excluding tert-OH is 1. The van der Waals surface area contributed by atoms with Crippen molar-refractivity contribution < 1.29 is 9.90 Å². The highest BCUT2D eigenvalue weighted by Gasteiger charge is 2.26. The third-order valence-electron chi connectivity index (χ3n) is 3.97. The minimum atomic E-state index is -0.102. The topological polar surface area (TPSA) is 62.2 Å². The van der Waals surface area contributed by atoms with Gasteiger partial charge in [0.1, 0.15) is 0 Å². The molecule has 0 aliphatic rings. The van der Waals surface area contributed by atoms with Crippen molar-refractivity contribution in [3.63, 3.8) is 0 Å². The first-order valence-electron chi connectivity index (χ1n) is 7.00. The van der Waals surface area contributed by atoms with Gasteiger partial charge in [0.2, 0.25) is 0 Å². The van der Waals surface area contributed by atoms with Crippen LogP contribution >= 0.6 is 11.8 Å². The molecule has 0 aromatic carbocycles. The van der Waals surface area contributed by atoms with Gasteiger partial charge in [-0.25, -0.2) is 4.98 Å². The molecule has 1 heterocycles. The molecule has 0 radical (unpaired) electrons. The summed E-state index contributed by atoms with van der Waals surface area (Å²) >= 11 is 1.55. The van der Waals surface area contributed by atoms with Crippen LogP contribution in [0, 0.1) is 5.41 Å². The number of carbonyl (C=O) groups is 1. The standard InChI is InChI=1S/C15H24N2O2S/c1-4-15(5-2,8-9-18)11-17-14(19)12-6-7-13(20-3)16-10-12/h6-7,10,18H,4-5,8-9,11H2,1-3H3,(H,17,19). The number of thioether (sulfide) groups is 1. The molecule has 0 spiro atoms. The van der Waals surface area contributed by atoms with Gasteiger partial charge in [-0.2, -0.15) is 0 Å². The smallest absolute Gasteiger partial charge is 0.252 e. The number of pyridine rings is 1. The molecule has 1 aromatic heterocycles. The second-order valence-electron chi connectivity index (χ2n) is 4.95. The minimum Gasteiger partial charge on any atom is -0.396 e. The third-order valence-corrected chi connectivity index (χ3v) is 4.63. The van der Waals surface area contributed by atoms with Crippen molar-refractivity contribution in [3.8, 4) is 0 Å². The largest absolute Gasteiger partial charge is 0.396 e. The number of aromatic nitrogens is 1. The summed E-state index contributed by atoms with van der Waals surface area (Å²) in [6, 6.07) is 3.64. The molecule has 1 amide bonds. The van der Waals surface area contributed by atoms with Gasteiger partial charge in [0.25, 0.3) is 5.91 Å². The fraction of sp³-hybridized carbons (Fsp3) is 0.600. The number of nitrogens with one attached hydrogen (secondary N) is 1. The van der Waals surface area contributed by atoms with E-state index in [1.54, 1.807) is 24.0 Å². The van der Waals surface area contributed by atoms with Crippen LogP contribution in [-0.2, 0) is 0 Å². The van der Waals surface area contributed by atoms with Crippen molar-refractivity contribution in [1.29, 1.82) is 0 Å².